The zero-order valence-electron chi connectivity index (χ0n) is 27.6. The van der Waals surface area contributed by atoms with Gasteiger partial charge in [-0.1, -0.05) is 73.1 Å². The molecular formula is C33H61N5O5. The Labute approximate surface area is 260 Å². The van der Waals surface area contributed by atoms with Crippen LogP contribution in [-0.2, 0) is 19.2 Å². The Morgan fingerprint density at radius 2 is 1.47 bits per heavy atom. The van der Waals surface area contributed by atoms with E-state index >= 15 is 0 Å². The minimum absolute atomic E-state index is 0.00120. The second-order valence-corrected chi connectivity index (χ2v) is 13.4. The van der Waals surface area contributed by atoms with E-state index in [2.05, 4.69) is 17.7 Å². The van der Waals surface area contributed by atoms with Crippen molar-refractivity contribution < 1.29 is 24.3 Å². The lowest BCUT2D eigenvalue weighted by molar-refractivity contribution is -0.141. The number of amides is 4. The summed E-state index contributed by atoms with van der Waals surface area (Å²) in [5, 5.41) is 16.5. The molecule has 0 aromatic carbocycles. The summed E-state index contributed by atoms with van der Waals surface area (Å²) >= 11 is 0. The van der Waals surface area contributed by atoms with Gasteiger partial charge in [0.2, 0.25) is 23.6 Å². The van der Waals surface area contributed by atoms with E-state index in [9.17, 15) is 24.3 Å². The summed E-state index contributed by atoms with van der Waals surface area (Å²) < 4.78 is 0. The summed E-state index contributed by atoms with van der Waals surface area (Å²) in [4.78, 5) is 54.1. The summed E-state index contributed by atoms with van der Waals surface area (Å²) in [6, 6.07) is -0.504. The number of aliphatic hydroxyl groups excluding tert-OH is 1. The van der Waals surface area contributed by atoms with Gasteiger partial charge in [0.15, 0.2) is 0 Å². The van der Waals surface area contributed by atoms with Crippen LogP contribution in [0.3, 0.4) is 0 Å². The summed E-state index contributed by atoms with van der Waals surface area (Å²) in [5.41, 5.74) is 8.69. The molecule has 2 fully saturated rings. The van der Waals surface area contributed by atoms with Crippen LogP contribution in [0.5, 0.6) is 0 Å². The SMILES string of the molecule is CCCCN(CC(O)C(CC1CCCCC1)NC(=O)C1CC(C(N)=O)CC(C(=O)N(CCC)CCC)C1)NC(=O)C(C)C. The molecule has 2 saturated carbocycles. The van der Waals surface area contributed by atoms with E-state index in [4.69, 9.17) is 5.73 Å². The molecule has 0 heterocycles. The second kappa shape index (κ2) is 19.2. The van der Waals surface area contributed by atoms with Crippen molar-refractivity contribution in [3.05, 3.63) is 0 Å². The van der Waals surface area contributed by atoms with Crippen molar-refractivity contribution in [2.75, 3.05) is 26.2 Å². The molecule has 0 aliphatic heterocycles. The zero-order valence-corrected chi connectivity index (χ0v) is 27.6. The average molecular weight is 608 g/mol. The molecule has 0 radical (unpaired) electrons. The van der Waals surface area contributed by atoms with Crippen LogP contribution in [0.2, 0.25) is 0 Å². The maximum atomic E-state index is 13.9. The molecule has 5 unspecified atom stereocenters. The number of rotatable bonds is 18. The number of primary amides is 1. The number of hydrogen-bond donors (Lipinski definition) is 4. The van der Waals surface area contributed by atoms with Gasteiger partial charge in [0.05, 0.1) is 12.1 Å². The van der Waals surface area contributed by atoms with Gasteiger partial charge >= 0.3 is 0 Å². The second-order valence-electron chi connectivity index (χ2n) is 13.4. The van der Waals surface area contributed by atoms with Crippen LogP contribution in [0.1, 0.15) is 118 Å². The summed E-state index contributed by atoms with van der Waals surface area (Å²) in [6.45, 7) is 11.9. The number of unbranched alkanes of at least 4 members (excludes halogenated alkanes) is 1. The Hall–Kier alpha value is -2.20. The minimum Gasteiger partial charge on any atom is -0.390 e. The topological polar surface area (TPSA) is 145 Å². The van der Waals surface area contributed by atoms with Gasteiger partial charge in [-0.2, -0.15) is 0 Å². The highest BCUT2D eigenvalue weighted by molar-refractivity contribution is 5.85. The summed E-state index contributed by atoms with van der Waals surface area (Å²) in [6.07, 6.45) is 9.95. The number of nitrogens with zero attached hydrogens (tertiary/aromatic N) is 2. The Balaban J connectivity index is 2.23. The van der Waals surface area contributed by atoms with Crippen molar-refractivity contribution in [1.82, 2.24) is 20.7 Å². The molecule has 0 aromatic heterocycles. The quantitative estimate of drug-likeness (QED) is 0.175. The van der Waals surface area contributed by atoms with Crippen LogP contribution in [0, 0.1) is 29.6 Å². The highest BCUT2D eigenvalue weighted by Gasteiger charge is 2.40. The largest absolute Gasteiger partial charge is 0.390 e. The van der Waals surface area contributed by atoms with E-state index in [0.29, 0.717) is 51.2 Å². The predicted octanol–water partition coefficient (Wildman–Crippen LogP) is 3.76. The van der Waals surface area contributed by atoms with Crippen molar-refractivity contribution in [1.29, 1.82) is 0 Å². The molecule has 5 atom stereocenters. The lowest BCUT2D eigenvalue weighted by Gasteiger charge is -2.37. The van der Waals surface area contributed by atoms with Gasteiger partial charge in [0.25, 0.3) is 0 Å². The maximum absolute atomic E-state index is 13.9. The Bertz CT molecular complexity index is 872. The number of nitrogens with two attached hydrogens (primary N) is 1. The number of hydrogen-bond acceptors (Lipinski definition) is 6. The number of aliphatic hydroxyl groups is 1. The number of carbonyl (C=O) groups excluding carboxylic acids is 4. The molecule has 248 valence electrons. The molecule has 4 amide bonds. The first-order valence-corrected chi connectivity index (χ1v) is 17.1. The van der Waals surface area contributed by atoms with Gasteiger partial charge in [-0.3, -0.25) is 24.6 Å². The molecule has 43 heavy (non-hydrogen) atoms. The monoisotopic (exact) mass is 607 g/mol. The van der Waals surface area contributed by atoms with Crippen molar-refractivity contribution >= 4 is 23.6 Å². The van der Waals surface area contributed by atoms with E-state index in [1.165, 1.54) is 6.42 Å². The smallest absolute Gasteiger partial charge is 0.236 e. The first kappa shape index (κ1) is 37.0. The van der Waals surface area contributed by atoms with Gasteiger partial charge in [-0.05, 0) is 50.9 Å². The fourth-order valence-corrected chi connectivity index (χ4v) is 6.67. The number of carbonyl (C=O) groups is 4. The molecular weight excluding hydrogens is 546 g/mol. The van der Waals surface area contributed by atoms with Crippen LogP contribution >= 0.6 is 0 Å². The Kier molecular flexibility index (Phi) is 16.6. The molecule has 0 saturated heterocycles. The normalized spacial score (nSPS) is 22.7. The fraction of sp³-hybridized carbons (Fsp3) is 0.879. The van der Waals surface area contributed by atoms with Crippen molar-refractivity contribution in [3.8, 4) is 0 Å². The fourth-order valence-electron chi connectivity index (χ4n) is 6.67. The lowest BCUT2D eigenvalue weighted by atomic mass is 9.73. The third-order valence-corrected chi connectivity index (χ3v) is 9.21. The highest BCUT2D eigenvalue weighted by atomic mass is 16.3. The third kappa shape index (κ3) is 12.4. The number of hydrazine groups is 1. The molecule has 0 spiro atoms. The first-order valence-electron chi connectivity index (χ1n) is 17.1. The summed E-state index contributed by atoms with van der Waals surface area (Å²) in [5.74, 6) is -2.11. The van der Waals surface area contributed by atoms with Gasteiger partial charge in [0.1, 0.15) is 0 Å². The molecule has 10 heteroatoms. The average Bonchev–Trinajstić information content (AvgIpc) is 2.99. The maximum Gasteiger partial charge on any atom is 0.236 e. The van der Waals surface area contributed by atoms with Crippen LogP contribution in [0.15, 0.2) is 0 Å². The van der Waals surface area contributed by atoms with Crippen molar-refractivity contribution in [2.45, 2.75) is 130 Å². The Morgan fingerprint density at radius 1 is 0.860 bits per heavy atom. The van der Waals surface area contributed by atoms with Crippen molar-refractivity contribution in [3.63, 3.8) is 0 Å². The molecule has 2 rings (SSSR count). The molecule has 5 N–H and O–H groups in total. The molecule has 2 aliphatic carbocycles. The predicted molar refractivity (Wildman–Crippen MR) is 169 cm³/mol. The van der Waals surface area contributed by atoms with Gasteiger partial charge in [-0.15, -0.1) is 0 Å². The summed E-state index contributed by atoms with van der Waals surface area (Å²) in [7, 11) is 0. The first-order chi connectivity index (χ1) is 20.5. The Morgan fingerprint density at radius 3 is 2.02 bits per heavy atom. The minimum atomic E-state index is -0.896. The standard InChI is InChI=1S/C33H61N5O5/c1-6-9-17-38(36-31(41)23(4)5)22-29(39)28(18-24-13-11-10-12-14-24)35-32(42)26-19-25(30(34)40)20-27(21-26)33(43)37(15-7-2)16-8-3/h23-29,39H,6-22H2,1-5H3,(H2,34,40)(H,35,42)(H,36,41). The van der Waals surface area contributed by atoms with Crippen molar-refractivity contribution in [2.24, 2.45) is 35.3 Å². The molecule has 0 bridgehead atoms. The van der Waals surface area contributed by atoms with E-state index < -0.39 is 35.8 Å². The van der Waals surface area contributed by atoms with Crippen LogP contribution in [0.4, 0.5) is 0 Å². The molecule has 2 aliphatic rings. The zero-order chi connectivity index (χ0) is 31.9. The number of nitrogens with one attached hydrogen (secondary N) is 2. The van der Waals surface area contributed by atoms with E-state index in [1.807, 2.05) is 32.6 Å². The molecule has 0 aromatic rings. The lowest BCUT2D eigenvalue weighted by Crippen LogP contribution is -2.55. The van der Waals surface area contributed by atoms with E-state index in [-0.39, 0.29) is 30.2 Å². The van der Waals surface area contributed by atoms with Crippen LogP contribution in [0.25, 0.3) is 0 Å². The van der Waals surface area contributed by atoms with Crippen LogP contribution in [-0.4, -0.2) is 77.0 Å². The van der Waals surface area contributed by atoms with Gasteiger partial charge in [-0.25, -0.2) is 5.01 Å². The van der Waals surface area contributed by atoms with Crippen LogP contribution < -0.4 is 16.5 Å². The molecule has 10 nitrogen and oxygen atoms in total. The van der Waals surface area contributed by atoms with E-state index in [0.717, 1.165) is 51.4 Å². The highest BCUT2D eigenvalue weighted by Crippen LogP contribution is 2.35. The van der Waals surface area contributed by atoms with Gasteiger partial charge < -0.3 is 21.1 Å². The van der Waals surface area contributed by atoms with E-state index in [1.54, 1.807) is 5.01 Å². The third-order valence-electron chi connectivity index (χ3n) is 9.21. The van der Waals surface area contributed by atoms with Gasteiger partial charge in [0, 0.05) is 49.9 Å².